The lowest BCUT2D eigenvalue weighted by Crippen LogP contribution is -2.28. The lowest BCUT2D eigenvalue weighted by atomic mass is 10.1. The van der Waals surface area contributed by atoms with Crippen LogP contribution in [0.25, 0.3) is 0 Å². The van der Waals surface area contributed by atoms with Crippen molar-refractivity contribution in [3.8, 4) is 11.5 Å². The number of rotatable bonds is 6. The number of carboxylic acid groups (broad SMARTS) is 1. The fraction of sp³-hybridized carbons (Fsp3) is 0.143. The highest BCUT2D eigenvalue weighted by Crippen LogP contribution is 2.26. The van der Waals surface area contributed by atoms with Gasteiger partial charge in [-0.05, 0) is 48.7 Å². The summed E-state index contributed by atoms with van der Waals surface area (Å²) in [4.78, 5) is 30.9. The van der Waals surface area contributed by atoms with E-state index in [0.29, 0.717) is 23.9 Å². The fourth-order valence-electron chi connectivity index (χ4n) is 2.54. The average Bonchev–Trinajstić information content (AvgIpc) is 2.70. The number of pyridine rings is 2. The molecule has 0 radical (unpaired) electrons. The molecule has 0 atom stereocenters. The SMILES string of the molecule is Cc1ccc(NC(=O)NCc2ccc(Oc3ccnc(C(=O)O)c3)c(C)c2)nc1. The lowest BCUT2D eigenvalue weighted by molar-refractivity contribution is 0.0690. The molecule has 0 bridgehead atoms. The van der Waals surface area contributed by atoms with E-state index in [2.05, 4.69) is 20.6 Å². The van der Waals surface area contributed by atoms with E-state index in [0.717, 1.165) is 16.7 Å². The van der Waals surface area contributed by atoms with Crippen molar-refractivity contribution in [1.29, 1.82) is 0 Å². The molecule has 29 heavy (non-hydrogen) atoms. The van der Waals surface area contributed by atoms with Crippen LogP contribution in [0.15, 0.2) is 54.9 Å². The van der Waals surface area contributed by atoms with Crippen molar-refractivity contribution in [2.24, 2.45) is 0 Å². The summed E-state index contributed by atoms with van der Waals surface area (Å²) in [5.41, 5.74) is 2.66. The van der Waals surface area contributed by atoms with E-state index in [4.69, 9.17) is 9.84 Å². The zero-order chi connectivity index (χ0) is 20.8. The Balaban J connectivity index is 1.59. The number of aromatic carboxylic acids is 1. The number of ether oxygens (including phenoxy) is 1. The summed E-state index contributed by atoms with van der Waals surface area (Å²) in [5.74, 6) is 0.333. The summed E-state index contributed by atoms with van der Waals surface area (Å²) in [7, 11) is 0. The summed E-state index contributed by atoms with van der Waals surface area (Å²) >= 11 is 0. The van der Waals surface area contributed by atoms with E-state index in [1.165, 1.54) is 12.3 Å². The third-order valence-corrected chi connectivity index (χ3v) is 4.02. The van der Waals surface area contributed by atoms with Gasteiger partial charge in [-0.3, -0.25) is 5.32 Å². The molecule has 0 spiro atoms. The van der Waals surface area contributed by atoms with Gasteiger partial charge in [0, 0.05) is 25.0 Å². The highest BCUT2D eigenvalue weighted by Gasteiger charge is 2.09. The normalized spacial score (nSPS) is 10.3. The van der Waals surface area contributed by atoms with E-state index < -0.39 is 5.97 Å². The van der Waals surface area contributed by atoms with Gasteiger partial charge in [0.1, 0.15) is 17.3 Å². The first-order chi connectivity index (χ1) is 13.9. The Kier molecular flexibility index (Phi) is 6.03. The molecule has 8 nitrogen and oxygen atoms in total. The molecular formula is C21H20N4O4. The van der Waals surface area contributed by atoms with Gasteiger partial charge in [-0.15, -0.1) is 0 Å². The van der Waals surface area contributed by atoms with Gasteiger partial charge in [0.2, 0.25) is 0 Å². The van der Waals surface area contributed by atoms with Gasteiger partial charge >= 0.3 is 12.0 Å². The van der Waals surface area contributed by atoms with Crippen LogP contribution in [0.3, 0.4) is 0 Å². The van der Waals surface area contributed by atoms with Crippen LogP contribution in [0.4, 0.5) is 10.6 Å². The number of carbonyl (C=O) groups is 2. The van der Waals surface area contributed by atoms with Crippen LogP contribution >= 0.6 is 0 Å². The van der Waals surface area contributed by atoms with Crippen molar-refractivity contribution in [1.82, 2.24) is 15.3 Å². The molecule has 0 aliphatic carbocycles. The highest BCUT2D eigenvalue weighted by molar-refractivity contribution is 5.88. The van der Waals surface area contributed by atoms with Gasteiger partial charge < -0.3 is 15.2 Å². The van der Waals surface area contributed by atoms with Gasteiger partial charge in [-0.2, -0.15) is 0 Å². The Labute approximate surface area is 167 Å². The maximum atomic E-state index is 12.0. The second-order valence-corrected chi connectivity index (χ2v) is 6.41. The van der Waals surface area contributed by atoms with Crippen molar-refractivity contribution in [3.63, 3.8) is 0 Å². The van der Waals surface area contributed by atoms with Crippen LogP contribution in [0.5, 0.6) is 11.5 Å². The van der Waals surface area contributed by atoms with Crippen molar-refractivity contribution in [2.75, 3.05) is 5.32 Å². The van der Waals surface area contributed by atoms with Gasteiger partial charge in [-0.25, -0.2) is 19.6 Å². The smallest absolute Gasteiger partial charge is 0.354 e. The second-order valence-electron chi connectivity index (χ2n) is 6.41. The van der Waals surface area contributed by atoms with Crippen LogP contribution in [0.2, 0.25) is 0 Å². The summed E-state index contributed by atoms with van der Waals surface area (Å²) in [6.07, 6.45) is 3.06. The van der Waals surface area contributed by atoms with Gasteiger partial charge in [0.25, 0.3) is 0 Å². The number of nitrogens with zero attached hydrogens (tertiary/aromatic N) is 2. The molecule has 0 unspecified atom stereocenters. The third-order valence-electron chi connectivity index (χ3n) is 4.02. The van der Waals surface area contributed by atoms with Crippen molar-refractivity contribution >= 4 is 17.8 Å². The number of carboxylic acids is 1. The molecule has 2 amide bonds. The Bertz CT molecular complexity index is 1040. The number of nitrogens with one attached hydrogen (secondary N) is 2. The fourth-order valence-corrected chi connectivity index (χ4v) is 2.54. The van der Waals surface area contributed by atoms with E-state index in [9.17, 15) is 9.59 Å². The Morgan fingerprint density at radius 1 is 1.07 bits per heavy atom. The number of aryl methyl sites for hydroxylation is 2. The van der Waals surface area contributed by atoms with Gasteiger partial charge in [0.15, 0.2) is 5.69 Å². The number of amides is 2. The molecule has 0 saturated heterocycles. The molecule has 3 N–H and O–H groups in total. The summed E-state index contributed by atoms with van der Waals surface area (Å²) in [6.45, 7) is 4.12. The van der Waals surface area contributed by atoms with E-state index in [1.54, 1.807) is 24.4 Å². The van der Waals surface area contributed by atoms with Crippen LogP contribution < -0.4 is 15.4 Å². The molecule has 0 aliphatic rings. The number of hydrogen-bond donors (Lipinski definition) is 3. The predicted octanol–water partition coefficient (Wildman–Crippen LogP) is 3.91. The van der Waals surface area contributed by atoms with Crippen LogP contribution in [0.1, 0.15) is 27.2 Å². The molecule has 2 heterocycles. The molecule has 148 valence electrons. The number of benzene rings is 1. The summed E-state index contributed by atoms with van der Waals surface area (Å²) in [6, 6.07) is 11.7. The largest absolute Gasteiger partial charge is 0.477 e. The minimum atomic E-state index is -1.12. The maximum absolute atomic E-state index is 12.0. The standard InChI is InChI=1S/C21H20N4O4/c1-13-3-6-19(23-11-13)25-21(28)24-12-15-4-5-18(14(2)9-15)29-16-7-8-22-17(10-16)20(26)27/h3-11H,12H2,1-2H3,(H,26,27)(H2,23,24,25,28). The minimum Gasteiger partial charge on any atom is -0.477 e. The second kappa shape index (κ2) is 8.83. The summed E-state index contributed by atoms with van der Waals surface area (Å²) in [5, 5.41) is 14.5. The van der Waals surface area contributed by atoms with E-state index in [1.807, 2.05) is 32.0 Å². The quantitative estimate of drug-likeness (QED) is 0.586. The third kappa shape index (κ3) is 5.52. The Morgan fingerprint density at radius 2 is 1.90 bits per heavy atom. The predicted molar refractivity (Wildman–Crippen MR) is 107 cm³/mol. The molecule has 1 aromatic carbocycles. The number of anilines is 1. The molecule has 3 rings (SSSR count). The van der Waals surface area contributed by atoms with E-state index >= 15 is 0 Å². The maximum Gasteiger partial charge on any atom is 0.354 e. The molecule has 8 heteroatoms. The molecule has 2 aromatic heterocycles. The highest BCUT2D eigenvalue weighted by atomic mass is 16.5. The van der Waals surface area contributed by atoms with Crippen molar-refractivity contribution in [3.05, 3.63) is 77.2 Å². The van der Waals surface area contributed by atoms with E-state index in [-0.39, 0.29) is 11.7 Å². The average molecular weight is 392 g/mol. The van der Waals surface area contributed by atoms with Crippen LogP contribution in [0, 0.1) is 13.8 Å². The molecule has 0 aliphatic heterocycles. The monoisotopic (exact) mass is 392 g/mol. The Hall–Kier alpha value is -3.94. The topological polar surface area (TPSA) is 113 Å². The first-order valence-electron chi connectivity index (χ1n) is 8.85. The van der Waals surface area contributed by atoms with Crippen LogP contribution in [-0.2, 0) is 6.54 Å². The van der Waals surface area contributed by atoms with Crippen molar-refractivity contribution < 1.29 is 19.4 Å². The number of carbonyl (C=O) groups excluding carboxylic acids is 1. The lowest BCUT2D eigenvalue weighted by Gasteiger charge is -2.12. The molecular weight excluding hydrogens is 372 g/mol. The summed E-state index contributed by atoms with van der Waals surface area (Å²) < 4.78 is 5.76. The zero-order valence-electron chi connectivity index (χ0n) is 16.0. The Morgan fingerprint density at radius 3 is 2.59 bits per heavy atom. The van der Waals surface area contributed by atoms with Gasteiger partial charge in [-0.1, -0.05) is 18.2 Å². The number of aromatic nitrogens is 2. The van der Waals surface area contributed by atoms with Crippen LogP contribution in [-0.4, -0.2) is 27.1 Å². The zero-order valence-corrected chi connectivity index (χ0v) is 16.0. The van der Waals surface area contributed by atoms with Gasteiger partial charge in [0.05, 0.1) is 0 Å². The molecule has 0 fully saturated rings. The molecule has 3 aromatic rings. The first kappa shape index (κ1) is 19.8. The molecule has 0 saturated carbocycles. The van der Waals surface area contributed by atoms with Crippen molar-refractivity contribution in [2.45, 2.75) is 20.4 Å². The number of hydrogen-bond acceptors (Lipinski definition) is 5. The minimum absolute atomic E-state index is 0.0879. The first-order valence-corrected chi connectivity index (χ1v) is 8.85. The number of urea groups is 1.